The first kappa shape index (κ1) is 18.9. The summed E-state index contributed by atoms with van der Waals surface area (Å²) in [5, 5.41) is 45.4. The molecule has 162 valence electrons. The molecule has 0 aromatic rings. The molecule has 12 atom stereocenters. The molecular formula is C20H28O9. The highest BCUT2D eigenvalue weighted by Gasteiger charge is 3.02. The van der Waals surface area contributed by atoms with Crippen molar-refractivity contribution < 1.29 is 44.2 Å². The Hall–Kier alpha value is -0.810. The monoisotopic (exact) mass is 412 g/mol. The topological polar surface area (TPSA) is 135 Å². The van der Waals surface area contributed by atoms with Crippen LogP contribution in [0.2, 0.25) is 0 Å². The molecule has 0 bridgehead atoms. The van der Waals surface area contributed by atoms with Crippen LogP contribution in [-0.4, -0.2) is 81.2 Å². The van der Waals surface area contributed by atoms with E-state index in [4.69, 9.17) is 18.9 Å². The van der Waals surface area contributed by atoms with Crippen molar-refractivity contribution in [1.29, 1.82) is 0 Å². The smallest absolute Gasteiger partial charge is 0.342 e. The van der Waals surface area contributed by atoms with Crippen LogP contribution in [0.25, 0.3) is 0 Å². The maximum absolute atomic E-state index is 13.4. The number of rotatable bonds is 0. The number of aliphatic hydroxyl groups is 4. The molecule has 0 aromatic carbocycles. The van der Waals surface area contributed by atoms with Gasteiger partial charge in [-0.2, -0.15) is 0 Å². The normalized spacial score (nSPS) is 64.8. The van der Waals surface area contributed by atoms with Crippen LogP contribution < -0.4 is 0 Å². The molecule has 6 fully saturated rings. The maximum atomic E-state index is 13.4. The molecular weight excluding hydrogens is 384 g/mol. The van der Waals surface area contributed by atoms with Gasteiger partial charge in [-0.15, -0.1) is 0 Å². The van der Waals surface area contributed by atoms with Crippen molar-refractivity contribution in [2.75, 3.05) is 6.61 Å². The van der Waals surface area contributed by atoms with Crippen molar-refractivity contribution in [2.24, 2.45) is 28.1 Å². The lowest BCUT2D eigenvalue weighted by molar-refractivity contribution is -0.263. The van der Waals surface area contributed by atoms with Crippen molar-refractivity contribution in [1.82, 2.24) is 0 Å². The Morgan fingerprint density at radius 3 is 2.48 bits per heavy atom. The van der Waals surface area contributed by atoms with Crippen LogP contribution in [0, 0.1) is 28.1 Å². The van der Waals surface area contributed by atoms with E-state index in [9.17, 15) is 25.2 Å². The molecule has 4 N–H and O–H groups in total. The van der Waals surface area contributed by atoms with Crippen molar-refractivity contribution in [3.8, 4) is 0 Å². The lowest BCUT2D eigenvalue weighted by atomic mass is 9.51. The average Bonchev–Trinajstić information content (AvgIpc) is 3.34. The molecule has 0 radical (unpaired) electrons. The van der Waals surface area contributed by atoms with Gasteiger partial charge in [-0.1, -0.05) is 27.7 Å². The van der Waals surface area contributed by atoms with Gasteiger partial charge in [0.25, 0.3) is 0 Å². The Labute approximate surface area is 167 Å². The summed E-state index contributed by atoms with van der Waals surface area (Å²) in [6, 6.07) is 0. The third kappa shape index (κ3) is 1.42. The van der Waals surface area contributed by atoms with Crippen molar-refractivity contribution in [3.63, 3.8) is 0 Å². The van der Waals surface area contributed by atoms with Crippen molar-refractivity contribution >= 4 is 5.97 Å². The van der Waals surface area contributed by atoms with Crippen LogP contribution >= 0.6 is 0 Å². The van der Waals surface area contributed by atoms with E-state index in [1.165, 1.54) is 0 Å². The van der Waals surface area contributed by atoms with E-state index in [-0.39, 0.29) is 12.5 Å². The molecule has 9 heteroatoms. The summed E-state index contributed by atoms with van der Waals surface area (Å²) in [6.45, 7) is 7.89. The number of carbonyl (C=O) groups is 1. The molecule has 2 saturated carbocycles. The minimum atomic E-state index is -1.93. The molecule has 2 spiro atoms. The van der Waals surface area contributed by atoms with Crippen LogP contribution in [0.15, 0.2) is 0 Å². The van der Waals surface area contributed by atoms with Gasteiger partial charge >= 0.3 is 5.97 Å². The van der Waals surface area contributed by atoms with Gasteiger partial charge in [0.2, 0.25) is 5.60 Å². The van der Waals surface area contributed by atoms with Gasteiger partial charge in [0, 0.05) is 5.92 Å². The second-order valence-electron chi connectivity index (χ2n) is 10.9. The van der Waals surface area contributed by atoms with E-state index < -0.39 is 76.3 Å². The zero-order chi connectivity index (χ0) is 20.9. The molecule has 4 saturated heterocycles. The number of aliphatic hydroxyl groups excluding tert-OH is 3. The van der Waals surface area contributed by atoms with Crippen LogP contribution in [0.4, 0.5) is 0 Å². The fourth-order valence-electron chi connectivity index (χ4n) is 8.36. The third-order valence-electron chi connectivity index (χ3n) is 9.14. The molecule has 0 aromatic heterocycles. The summed E-state index contributed by atoms with van der Waals surface area (Å²) >= 11 is 0. The van der Waals surface area contributed by atoms with Crippen LogP contribution in [-0.2, 0) is 23.7 Å². The van der Waals surface area contributed by atoms with E-state index in [1.807, 2.05) is 20.8 Å². The van der Waals surface area contributed by atoms with Gasteiger partial charge in [0.1, 0.15) is 23.9 Å². The molecule has 29 heavy (non-hydrogen) atoms. The summed E-state index contributed by atoms with van der Waals surface area (Å²) in [5.74, 6) is -1.59. The fourth-order valence-corrected chi connectivity index (χ4v) is 8.36. The Morgan fingerprint density at radius 1 is 1.14 bits per heavy atom. The molecule has 6 rings (SSSR count). The first-order valence-electron chi connectivity index (χ1n) is 10.4. The van der Waals surface area contributed by atoms with Gasteiger partial charge < -0.3 is 39.4 Å². The minimum Gasteiger partial charge on any atom is -0.459 e. The van der Waals surface area contributed by atoms with Crippen molar-refractivity contribution in [2.45, 2.75) is 82.3 Å². The van der Waals surface area contributed by atoms with Crippen LogP contribution in [0.1, 0.15) is 34.1 Å². The van der Waals surface area contributed by atoms with Gasteiger partial charge in [-0.25, -0.2) is 4.79 Å². The predicted octanol–water partition coefficient (Wildman–Crippen LogP) is -1.10. The van der Waals surface area contributed by atoms with Crippen LogP contribution in [0.5, 0.6) is 0 Å². The SMILES string of the molecule is C[C@@H]1COC2[C@H](O)C34C5CC(C(C)(C)C)C36C(O[C@H](O)[C@@H]6O)O[C@@]4(C(=O)O5)[C@]21O. The summed E-state index contributed by atoms with van der Waals surface area (Å²) in [4.78, 5) is 13.4. The quantitative estimate of drug-likeness (QED) is 0.366. The lowest BCUT2D eigenvalue weighted by Crippen LogP contribution is -2.67. The molecule has 4 aliphatic heterocycles. The Balaban J connectivity index is 1.71. The van der Waals surface area contributed by atoms with Crippen molar-refractivity contribution in [3.05, 3.63) is 0 Å². The van der Waals surface area contributed by atoms with Gasteiger partial charge in [-0.3, -0.25) is 0 Å². The number of ether oxygens (including phenoxy) is 4. The van der Waals surface area contributed by atoms with Crippen LogP contribution in [0.3, 0.4) is 0 Å². The maximum Gasteiger partial charge on any atom is 0.342 e. The standard InChI is InChI=1S/C20H28O9/c1-7-6-26-12-10(21)18-9-5-8(16(2,3)4)17(18)11(22)13(23)28-15(17)29-20(18,14(24)27-9)19(7,12)25/h7-13,15,21-23,25H,5-6H2,1-4H3/t7-,8?,9?,10+,11+,12?,13+,15?,17?,18?,19-,20-/m1/s1. The predicted molar refractivity (Wildman–Crippen MR) is 92.9 cm³/mol. The third-order valence-corrected chi connectivity index (χ3v) is 9.14. The second-order valence-corrected chi connectivity index (χ2v) is 10.9. The van der Waals surface area contributed by atoms with E-state index in [0.717, 1.165) is 0 Å². The summed E-state index contributed by atoms with van der Waals surface area (Å²) in [5.41, 5.74) is -7.01. The van der Waals surface area contributed by atoms with E-state index in [2.05, 4.69) is 0 Å². The van der Waals surface area contributed by atoms with E-state index >= 15 is 0 Å². The lowest BCUT2D eigenvalue weighted by Gasteiger charge is -2.49. The first-order valence-corrected chi connectivity index (χ1v) is 10.4. The van der Waals surface area contributed by atoms with Gasteiger partial charge in [0.05, 0.1) is 23.5 Å². The Morgan fingerprint density at radius 2 is 1.83 bits per heavy atom. The van der Waals surface area contributed by atoms with Gasteiger partial charge in [0.15, 0.2) is 12.6 Å². The van der Waals surface area contributed by atoms with E-state index in [0.29, 0.717) is 6.42 Å². The fraction of sp³-hybridized carbons (Fsp3) is 0.950. The molecule has 9 nitrogen and oxygen atoms in total. The molecule has 2 aliphatic carbocycles. The minimum absolute atomic E-state index is 0.157. The molecule has 4 heterocycles. The summed E-state index contributed by atoms with van der Waals surface area (Å²) in [7, 11) is 0. The number of carbonyl (C=O) groups excluding carboxylic acids is 1. The average molecular weight is 412 g/mol. The number of esters is 1. The Kier molecular flexibility index (Phi) is 3.15. The number of hydrogen-bond acceptors (Lipinski definition) is 9. The largest absolute Gasteiger partial charge is 0.459 e. The Bertz CT molecular complexity index is 810. The highest BCUT2D eigenvalue weighted by atomic mass is 16.8. The summed E-state index contributed by atoms with van der Waals surface area (Å²) < 4.78 is 23.5. The molecule has 6 unspecified atom stereocenters. The molecule has 6 aliphatic rings. The number of fused-ring (bicyclic) bond motifs is 1. The summed E-state index contributed by atoms with van der Waals surface area (Å²) in [6.07, 6.45) is -6.96. The molecule has 0 amide bonds. The highest BCUT2D eigenvalue weighted by Crippen LogP contribution is 2.84. The zero-order valence-electron chi connectivity index (χ0n) is 16.9. The van der Waals surface area contributed by atoms with Gasteiger partial charge in [-0.05, 0) is 17.8 Å². The van der Waals surface area contributed by atoms with E-state index in [1.54, 1.807) is 6.92 Å². The highest BCUT2D eigenvalue weighted by molar-refractivity contribution is 5.89. The zero-order valence-corrected chi connectivity index (χ0v) is 16.9. The number of hydrogen-bond donors (Lipinski definition) is 4. The first-order chi connectivity index (χ1) is 13.4. The second kappa shape index (κ2) is 4.82.